The predicted octanol–water partition coefficient (Wildman–Crippen LogP) is 1.44. The Morgan fingerprint density at radius 3 is 2.71 bits per heavy atom. The number of benzene rings is 1. The monoisotopic (exact) mass is 366 g/mol. The van der Waals surface area contributed by atoms with Crippen molar-refractivity contribution in [3.8, 4) is 0 Å². The van der Waals surface area contributed by atoms with Crippen LogP contribution in [0.15, 0.2) is 29.2 Å². The molecule has 134 valence electrons. The Hall–Kier alpha value is -1.65. The Bertz CT molecular complexity index is 686. The van der Waals surface area contributed by atoms with E-state index >= 15 is 0 Å². The third kappa shape index (κ3) is 5.46. The molecule has 1 amide bonds. The molecule has 0 aromatic heterocycles. The third-order valence-electron chi connectivity index (χ3n) is 3.38. The Morgan fingerprint density at radius 1 is 1.33 bits per heavy atom. The Kier molecular flexibility index (Phi) is 5.83. The summed E-state index contributed by atoms with van der Waals surface area (Å²) in [5.41, 5.74) is -0.167. The van der Waals surface area contributed by atoms with Gasteiger partial charge in [-0.1, -0.05) is 6.07 Å². The van der Waals surface area contributed by atoms with Crippen LogP contribution in [0.25, 0.3) is 0 Å². The van der Waals surface area contributed by atoms with E-state index in [2.05, 4.69) is 4.72 Å². The van der Waals surface area contributed by atoms with Crippen LogP contribution in [-0.4, -0.2) is 46.3 Å². The highest BCUT2D eigenvalue weighted by Crippen LogP contribution is 2.16. The second-order valence-corrected chi connectivity index (χ2v) is 7.08. The summed E-state index contributed by atoms with van der Waals surface area (Å²) in [5.74, 6) is -0.997. The standard InChI is InChI=1S/C14H17F3N2O4S/c15-14(16,17)9-18-13(20)10-3-1-5-12(7-10)24(21,22)19-8-11-4-2-6-23-11/h1,3,5,7,11,19H,2,4,6,8-9H2,(H,18,20). The summed E-state index contributed by atoms with van der Waals surface area (Å²) >= 11 is 0. The lowest BCUT2D eigenvalue weighted by molar-refractivity contribution is -0.123. The number of carbonyl (C=O) groups excluding carboxylic acids is 1. The normalized spacial score (nSPS) is 18.5. The van der Waals surface area contributed by atoms with E-state index in [0.29, 0.717) is 6.61 Å². The Balaban J connectivity index is 2.03. The van der Waals surface area contributed by atoms with Crippen LogP contribution in [0.5, 0.6) is 0 Å². The lowest BCUT2D eigenvalue weighted by atomic mass is 10.2. The van der Waals surface area contributed by atoms with Gasteiger partial charge < -0.3 is 10.1 Å². The van der Waals surface area contributed by atoms with Crippen LogP contribution in [0.1, 0.15) is 23.2 Å². The van der Waals surface area contributed by atoms with E-state index in [1.165, 1.54) is 18.2 Å². The summed E-state index contributed by atoms with van der Waals surface area (Å²) in [6.07, 6.45) is -3.12. The van der Waals surface area contributed by atoms with Crippen LogP contribution in [0, 0.1) is 0 Å². The van der Waals surface area contributed by atoms with Gasteiger partial charge in [0.1, 0.15) is 6.54 Å². The first-order valence-corrected chi connectivity index (χ1v) is 8.72. The maximum atomic E-state index is 12.2. The molecule has 1 aliphatic rings. The molecule has 1 aliphatic heterocycles. The van der Waals surface area contributed by atoms with E-state index < -0.39 is 28.7 Å². The second kappa shape index (κ2) is 7.49. The SMILES string of the molecule is O=C(NCC(F)(F)F)c1cccc(S(=O)(=O)NCC2CCCO2)c1. The van der Waals surface area contributed by atoms with E-state index in [-0.39, 0.29) is 23.1 Å². The molecule has 10 heteroatoms. The van der Waals surface area contributed by atoms with Gasteiger partial charge in [-0.2, -0.15) is 13.2 Å². The molecule has 1 fully saturated rings. The zero-order valence-corrected chi connectivity index (χ0v) is 13.4. The van der Waals surface area contributed by atoms with Crippen molar-refractivity contribution >= 4 is 15.9 Å². The number of sulfonamides is 1. The zero-order chi connectivity index (χ0) is 17.8. The fourth-order valence-corrected chi connectivity index (χ4v) is 3.29. The van der Waals surface area contributed by atoms with Crippen molar-refractivity contribution in [2.45, 2.75) is 30.0 Å². The summed E-state index contributed by atoms with van der Waals surface area (Å²) in [7, 11) is -3.88. The first-order chi connectivity index (χ1) is 11.2. The van der Waals surface area contributed by atoms with Crippen molar-refractivity contribution in [3.63, 3.8) is 0 Å². The van der Waals surface area contributed by atoms with Gasteiger partial charge >= 0.3 is 6.18 Å². The number of nitrogens with one attached hydrogen (secondary N) is 2. The molecular weight excluding hydrogens is 349 g/mol. The maximum absolute atomic E-state index is 12.2. The Morgan fingerprint density at radius 2 is 2.08 bits per heavy atom. The summed E-state index contributed by atoms with van der Waals surface area (Å²) in [6.45, 7) is -0.797. The van der Waals surface area contributed by atoms with Crippen LogP contribution < -0.4 is 10.0 Å². The number of hydrogen-bond donors (Lipinski definition) is 2. The van der Waals surface area contributed by atoms with Gasteiger partial charge in [0.05, 0.1) is 11.0 Å². The lowest BCUT2D eigenvalue weighted by Gasteiger charge is -2.12. The van der Waals surface area contributed by atoms with Crippen molar-refractivity contribution in [2.75, 3.05) is 19.7 Å². The van der Waals surface area contributed by atoms with Crippen molar-refractivity contribution < 1.29 is 31.1 Å². The fraction of sp³-hybridized carbons (Fsp3) is 0.500. The van der Waals surface area contributed by atoms with Gasteiger partial charge in [-0.3, -0.25) is 4.79 Å². The molecule has 2 N–H and O–H groups in total. The van der Waals surface area contributed by atoms with E-state index in [4.69, 9.17) is 4.74 Å². The molecule has 6 nitrogen and oxygen atoms in total. The zero-order valence-electron chi connectivity index (χ0n) is 12.6. The van der Waals surface area contributed by atoms with Gasteiger partial charge in [-0.25, -0.2) is 13.1 Å². The van der Waals surface area contributed by atoms with Crippen molar-refractivity contribution in [2.24, 2.45) is 0 Å². The van der Waals surface area contributed by atoms with E-state index in [9.17, 15) is 26.4 Å². The third-order valence-corrected chi connectivity index (χ3v) is 4.80. The number of ether oxygens (including phenoxy) is 1. The highest BCUT2D eigenvalue weighted by molar-refractivity contribution is 7.89. The second-order valence-electron chi connectivity index (χ2n) is 5.31. The summed E-state index contributed by atoms with van der Waals surface area (Å²) < 4.78 is 68.4. The summed E-state index contributed by atoms with van der Waals surface area (Å²) in [4.78, 5) is 11.5. The molecule has 1 aromatic rings. The molecule has 0 radical (unpaired) electrons. The summed E-state index contributed by atoms with van der Waals surface area (Å²) in [6, 6.07) is 4.83. The number of hydrogen-bond acceptors (Lipinski definition) is 4. The largest absolute Gasteiger partial charge is 0.405 e. The molecule has 0 spiro atoms. The number of halogens is 3. The van der Waals surface area contributed by atoms with Gasteiger partial charge in [0, 0.05) is 18.7 Å². The molecular formula is C14H17F3N2O4S. The number of amides is 1. The first kappa shape index (κ1) is 18.7. The predicted molar refractivity (Wildman–Crippen MR) is 79.0 cm³/mol. The molecule has 1 atom stereocenters. The van der Waals surface area contributed by atoms with Crippen LogP contribution >= 0.6 is 0 Å². The van der Waals surface area contributed by atoms with Crippen molar-refractivity contribution in [3.05, 3.63) is 29.8 Å². The highest BCUT2D eigenvalue weighted by Gasteiger charge is 2.28. The minimum absolute atomic E-state index is 0.104. The minimum Gasteiger partial charge on any atom is -0.377 e. The highest BCUT2D eigenvalue weighted by atomic mass is 32.2. The summed E-state index contributed by atoms with van der Waals surface area (Å²) in [5, 5.41) is 1.70. The molecule has 2 rings (SSSR count). The molecule has 1 aromatic carbocycles. The Labute approximate surface area is 137 Å². The van der Waals surface area contributed by atoms with Crippen LogP contribution in [0.4, 0.5) is 13.2 Å². The topological polar surface area (TPSA) is 84.5 Å². The van der Waals surface area contributed by atoms with E-state index in [1.807, 2.05) is 0 Å². The number of rotatable bonds is 6. The minimum atomic E-state index is -4.54. The van der Waals surface area contributed by atoms with Crippen LogP contribution in [0.3, 0.4) is 0 Å². The number of alkyl halides is 3. The maximum Gasteiger partial charge on any atom is 0.405 e. The molecule has 1 heterocycles. The molecule has 24 heavy (non-hydrogen) atoms. The molecule has 0 aliphatic carbocycles. The fourth-order valence-electron chi connectivity index (χ4n) is 2.18. The smallest absolute Gasteiger partial charge is 0.377 e. The molecule has 0 bridgehead atoms. The lowest BCUT2D eigenvalue weighted by Crippen LogP contribution is -2.34. The van der Waals surface area contributed by atoms with Gasteiger partial charge in [0.2, 0.25) is 10.0 Å². The van der Waals surface area contributed by atoms with E-state index in [1.54, 1.807) is 5.32 Å². The van der Waals surface area contributed by atoms with E-state index in [0.717, 1.165) is 18.9 Å². The molecule has 1 unspecified atom stereocenters. The average molecular weight is 366 g/mol. The average Bonchev–Trinajstić information content (AvgIpc) is 3.04. The first-order valence-electron chi connectivity index (χ1n) is 7.24. The van der Waals surface area contributed by atoms with Crippen molar-refractivity contribution in [1.82, 2.24) is 10.0 Å². The quantitative estimate of drug-likeness (QED) is 0.798. The van der Waals surface area contributed by atoms with Crippen molar-refractivity contribution in [1.29, 1.82) is 0 Å². The van der Waals surface area contributed by atoms with Gasteiger partial charge in [0.25, 0.3) is 5.91 Å². The molecule has 1 saturated heterocycles. The van der Waals surface area contributed by atoms with Gasteiger partial charge in [0.15, 0.2) is 0 Å². The van der Waals surface area contributed by atoms with Gasteiger partial charge in [-0.05, 0) is 31.0 Å². The van der Waals surface area contributed by atoms with Crippen LogP contribution in [-0.2, 0) is 14.8 Å². The van der Waals surface area contributed by atoms with Crippen LogP contribution in [0.2, 0.25) is 0 Å². The molecule has 0 saturated carbocycles. The van der Waals surface area contributed by atoms with Gasteiger partial charge in [-0.15, -0.1) is 0 Å². The number of carbonyl (C=O) groups is 1.